The fourth-order valence-electron chi connectivity index (χ4n) is 2.90. The minimum atomic E-state index is 0.464. The van der Waals surface area contributed by atoms with Crippen LogP contribution in [0.4, 0.5) is 0 Å². The molecule has 0 saturated heterocycles. The molecule has 6 nitrogen and oxygen atoms in total. The highest BCUT2D eigenvalue weighted by Crippen LogP contribution is 2.32. The van der Waals surface area contributed by atoms with Crippen LogP contribution in [-0.2, 0) is 9.47 Å². The van der Waals surface area contributed by atoms with Crippen LogP contribution in [0.25, 0.3) is 10.9 Å². The van der Waals surface area contributed by atoms with E-state index >= 15 is 0 Å². The van der Waals surface area contributed by atoms with Gasteiger partial charge >= 0.3 is 0 Å². The quantitative estimate of drug-likeness (QED) is 0.392. The van der Waals surface area contributed by atoms with Crippen molar-refractivity contribution in [2.24, 2.45) is 0 Å². The normalized spacial score (nSPS) is 13.1. The fourth-order valence-corrected chi connectivity index (χ4v) is 2.90. The van der Waals surface area contributed by atoms with Gasteiger partial charge in [0.1, 0.15) is 19.5 Å². The maximum absolute atomic E-state index is 5.78. The molecule has 0 atom stereocenters. The van der Waals surface area contributed by atoms with Gasteiger partial charge in [0.15, 0.2) is 11.5 Å². The van der Waals surface area contributed by atoms with Crippen molar-refractivity contribution in [1.29, 1.82) is 0 Å². The highest BCUT2D eigenvalue weighted by Gasteiger charge is 2.11. The topological polar surface area (TPSA) is 62.7 Å². The fraction of sp³-hybridized carbons (Fsp3) is 0.429. The van der Waals surface area contributed by atoms with E-state index in [-0.39, 0.29) is 0 Å². The molecule has 1 aromatic heterocycles. The summed E-state index contributed by atoms with van der Waals surface area (Å²) in [4.78, 5) is 8.48. The number of hydrogen-bond donors (Lipinski definition) is 0. The van der Waals surface area contributed by atoms with E-state index in [4.69, 9.17) is 25.4 Å². The molecule has 0 amide bonds. The van der Waals surface area contributed by atoms with E-state index in [1.807, 2.05) is 77.9 Å². The third kappa shape index (κ3) is 9.78. The lowest BCUT2D eigenvalue weighted by Gasteiger charge is -2.16. The summed E-state index contributed by atoms with van der Waals surface area (Å²) in [6.07, 6.45) is 6.72. The van der Waals surface area contributed by atoms with Crippen LogP contribution in [-0.4, -0.2) is 49.6 Å². The Bertz CT molecular complexity index is 1010. The smallest absolute Gasteiger partial charge is 0.163 e. The molecule has 34 heavy (non-hydrogen) atoms. The zero-order valence-corrected chi connectivity index (χ0v) is 21.4. The number of terminal acetylenes is 1. The minimum Gasteiger partial charge on any atom is -0.487 e. The lowest BCUT2D eigenvalue weighted by atomic mass is 10.1. The number of nitrogens with zero attached hydrogens (tertiary/aromatic N) is 2. The molecule has 0 aliphatic carbocycles. The molecule has 0 N–H and O–H groups in total. The number of hydrogen-bond acceptors (Lipinski definition) is 6. The number of aryl methyl sites for hydroxylation is 2. The number of aromatic nitrogens is 2. The summed E-state index contributed by atoms with van der Waals surface area (Å²) in [5.74, 6) is 3.92. The van der Waals surface area contributed by atoms with E-state index in [9.17, 15) is 0 Å². The molecule has 0 unspecified atom stereocenters. The van der Waals surface area contributed by atoms with Crippen molar-refractivity contribution in [2.45, 2.75) is 41.5 Å². The van der Waals surface area contributed by atoms with Crippen molar-refractivity contribution in [3.05, 3.63) is 59.5 Å². The molecule has 2 heterocycles. The van der Waals surface area contributed by atoms with Crippen LogP contribution in [0.2, 0.25) is 0 Å². The first-order valence-corrected chi connectivity index (χ1v) is 11.9. The highest BCUT2D eigenvalue weighted by atomic mass is 16.6. The van der Waals surface area contributed by atoms with Crippen LogP contribution < -0.4 is 9.47 Å². The first kappa shape index (κ1) is 28.9. The Hall–Kier alpha value is -3.14. The number of benzene rings is 2. The van der Waals surface area contributed by atoms with Crippen LogP contribution in [0.1, 0.15) is 44.5 Å². The van der Waals surface area contributed by atoms with Gasteiger partial charge in [0.05, 0.1) is 31.9 Å². The van der Waals surface area contributed by atoms with Gasteiger partial charge in [0.25, 0.3) is 0 Å². The lowest BCUT2D eigenvalue weighted by Crippen LogP contribution is -2.15. The zero-order chi connectivity index (χ0) is 25.2. The van der Waals surface area contributed by atoms with E-state index in [1.54, 1.807) is 6.33 Å². The van der Waals surface area contributed by atoms with Crippen molar-refractivity contribution in [2.75, 3.05) is 39.6 Å². The van der Waals surface area contributed by atoms with Crippen molar-refractivity contribution in [3.63, 3.8) is 0 Å². The molecule has 0 bridgehead atoms. The molecule has 0 saturated carbocycles. The van der Waals surface area contributed by atoms with Crippen molar-refractivity contribution in [1.82, 2.24) is 9.97 Å². The van der Waals surface area contributed by atoms with Gasteiger partial charge in [-0.2, -0.15) is 0 Å². The third-order valence-electron chi connectivity index (χ3n) is 4.43. The Morgan fingerprint density at radius 3 is 1.91 bits per heavy atom. The maximum atomic E-state index is 5.78. The van der Waals surface area contributed by atoms with E-state index in [2.05, 4.69) is 15.9 Å². The molecule has 0 radical (unpaired) electrons. The molecule has 1 aliphatic rings. The Morgan fingerprint density at radius 1 is 0.765 bits per heavy atom. The van der Waals surface area contributed by atoms with Crippen LogP contribution in [0.5, 0.6) is 11.5 Å². The summed E-state index contributed by atoms with van der Waals surface area (Å²) in [5.41, 5.74) is 3.92. The molecule has 6 heteroatoms. The molecule has 184 valence electrons. The zero-order valence-electron chi connectivity index (χ0n) is 21.4. The van der Waals surface area contributed by atoms with Crippen molar-refractivity contribution in [3.8, 4) is 23.8 Å². The number of ether oxygens (including phenoxy) is 4. The van der Waals surface area contributed by atoms with Gasteiger partial charge in [-0.15, -0.1) is 6.42 Å². The number of fused-ring (bicyclic) bond motifs is 2. The van der Waals surface area contributed by atoms with Gasteiger partial charge in [-0.3, -0.25) is 0 Å². The van der Waals surface area contributed by atoms with E-state index in [0.29, 0.717) is 51.1 Å². The van der Waals surface area contributed by atoms with Crippen LogP contribution in [0.3, 0.4) is 0 Å². The van der Waals surface area contributed by atoms with Crippen LogP contribution in [0.15, 0.2) is 42.7 Å². The molecular weight excluding hydrogens is 428 g/mol. The molecule has 0 fully saturated rings. The van der Waals surface area contributed by atoms with Crippen LogP contribution in [0, 0.1) is 26.2 Å². The van der Waals surface area contributed by atoms with Gasteiger partial charge < -0.3 is 18.9 Å². The summed E-state index contributed by atoms with van der Waals surface area (Å²) in [6, 6.07) is 11.7. The highest BCUT2D eigenvalue weighted by molar-refractivity contribution is 5.84. The standard InChI is InChI=1S/C15H18N2O4.C9H8.2C2H6/c1-11-12-8-14-15(9-13(12)17-10-16-11)21-7-5-19-3-2-18-4-6-20-14;1-3-9-6-4-5-8(2)7-9;2*1-2/h8-10H,2-7H2,1H3;1,4-7H,2H3;2*1-2H3. The molecule has 1 aliphatic heterocycles. The van der Waals surface area contributed by atoms with Crippen LogP contribution >= 0.6 is 0 Å². The predicted molar refractivity (Wildman–Crippen MR) is 139 cm³/mol. The van der Waals surface area contributed by atoms with Gasteiger partial charge in [0.2, 0.25) is 0 Å². The second kappa shape index (κ2) is 17.4. The lowest BCUT2D eigenvalue weighted by molar-refractivity contribution is 0.0224. The van der Waals surface area contributed by atoms with Gasteiger partial charge in [0, 0.05) is 22.7 Å². The monoisotopic (exact) mass is 466 g/mol. The summed E-state index contributed by atoms with van der Waals surface area (Å²) in [7, 11) is 0. The second-order valence-corrected chi connectivity index (χ2v) is 6.71. The molecule has 2 aromatic carbocycles. The second-order valence-electron chi connectivity index (χ2n) is 6.71. The molecule has 0 spiro atoms. The Morgan fingerprint density at radius 2 is 1.35 bits per heavy atom. The van der Waals surface area contributed by atoms with E-state index < -0.39 is 0 Å². The van der Waals surface area contributed by atoms with Gasteiger partial charge in [-0.1, -0.05) is 45.7 Å². The third-order valence-corrected chi connectivity index (χ3v) is 4.43. The molecular formula is C28H38N2O4. The Labute approximate surface area is 204 Å². The SMILES string of the molecule is C#Cc1cccc(C)c1.CC.CC.Cc1ncnc2cc3c(cc12)OCCOCCOCCO3. The first-order chi connectivity index (χ1) is 16.7. The summed E-state index contributed by atoms with van der Waals surface area (Å²) >= 11 is 0. The largest absolute Gasteiger partial charge is 0.487 e. The predicted octanol–water partition coefficient (Wildman–Crippen LogP) is 5.77. The van der Waals surface area contributed by atoms with Crippen molar-refractivity contribution < 1.29 is 18.9 Å². The van der Waals surface area contributed by atoms with Gasteiger partial charge in [-0.25, -0.2) is 9.97 Å². The average molecular weight is 467 g/mol. The Balaban J connectivity index is 0.000000373. The maximum Gasteiger partial charge on any atom is 0.163 e. The summed E-state index contributed by atoms with van der Waals surface area (Å²) < 4.78 is 22.4. The van der Waals surface area contributed by atoms with Crippen molar-refractivity contribution >= 4 is 10.9 Å². The number of rotatable bonds is 0. The average Bonchev–Trinajstić information content (AvgIpc) is 2.87. The minimum absolute atomic E-state index is 0.464. The molecule has 3 aromatic rings. The summed E-state index contributed by atoms with van der Waals surface area (Å²) in [5, 5.41) is 0.962. The first-order valence-electron chi connectivity index (χ1n) is 11.9. The summed E-state index contributed by atoms with van der Waals surface area (Å²) in [6.45, 7) is 15.1. The van der Waals surface area contributed by atoms with E-state index in [1.165, 1.54) is 5.56 Å². The Kier molecular flexibility index (Phi) is 14.7. The van der Waals surface area contributed by atoms with E-state index in [0.717, 1.165) is 22.2 Å². The van der Waals surface area contributed by atoms with Gasteiger partial charge in [-0.05, 0) is 37.6 Å². The molecule has 4 rings (SSSR count).